The molecule has 0 amide bonds. The van der Waals surface area contributed by atoms with Crippen molar-refractivity contribution in [3.05, 3.63) is 34.3 Å². The highest BCUT2D eigenvalue weighted by Gasteiger charge is 2.34. The fourth-order valence-electron chi connectivity index (χ4n) is 2.42. The highest BCUT2D eigenvalue weighted by molar-refractivity contribution is 9.10. The molecule has 0 aromatic heterocycles. The van der Waals surface area contributed by atoms with E-state index in [1.54, 1.807) is 0 Å². The van der Waals surface area contributed by atoms with E-state index in [2.05, 4.69) is 40.7 Å². The van der Waals surface area contributed by atoms with Crippen LogP contribution in [0.2, 0.25) is 0 Å². The second kappa shape index (κ2) is 7.06. The first-order valence-corrected chi connectivity index (χ1v) is 7.17. The van der Waals surface area contributed by atoms with Crippen molar-refractivity contribution in [3.8, 4) is 0 Å². The van der Waals surface area contributed by atoms with Crippen LogP contribution in [-0.2, 0) is 9.53 Å². The second-order valence-electron chi connectivity index (χ2n) is 5.26. The Kier molecular flexibility index (Phi) is 6.01. The maximum atomic E-state index is 12.1. The number of ether oxygens (including phenoxy) is 1. The first-order valence-electron chi connectivity index (χ1n) is 6.38. The van der Waals surface area contributed by atoms with Gasteiger partial charge in [-0.3, -0.25) is 4.79 Å². The van der Waals surface area contributed by atoms with E-state index in [0.717, 1.165) is 10.0 Å². The van der Waals surface area contributed by atoms with Gasteiger partial charge in [-0.25, -0.2) is 0 Å². The van der Waals surface area contributed by atoms with Gasteiger partial charge in [-0.2, -0.15) is 0 Å². The van der Waals surface area contributed by atoms with E-state index in [9.17, 15) is 4.79 Å². The number of halogens is 1. The minimum Gasteiger partial charge on any atom is -0.469 e. The summed E-state index contributed by atoms with van der Waals surface area (Å²) in [7, 11) is 5.43. The maximum absolute atomic E-state index is 12.1. The van der Waals surface area contributed by atoms with Gasteiger partial charge in [0.2, 0.25) is 0 Å². The maximum Gasteiger partial charge on any atom is 0.310 e. The zero-order valence-corrected chi connectivity index (χ0v) is 13.8. The van der Waals surface area contributed by atoms with E-state index in [1.807, 2.05) is 32.3 Å². The third-order valence-electron chi connectivity index (χ3n) is 3.28. The second-order valence-corrected chi connectivity index (χ2v) is 6.17. The number of nitrogens with zero attached hydrogens (tertiary/aromatic N) is 1. The third-order valence-corrected chi connectivity index (χ3v) is 3.77. The summed E-state index contributed by atoms with van der Waals surface area (Å²) >= 11 is 3.49. The lowest BCUT2D eigenvalue weighted by Gasteiger charge is -2.33. The van der Waals surface area contributed by atoms with E-state index in [-0.39, 0.29) is 23.8 Å². The van der Waals surface area contributed by atoms with Crippen LogP contribution in [0.1, 0.15) is 25.5 Å². The Balaban J connectivity index is 3.21. The van der Waals surface area contributed by atoms with E-state index in [0.29, 0.717) is 0 Å². The van der Waals surface area contributed by atoms with Crippen molar-refractivity contribution in [2.24, 2.45) is 11.8 Å². The van der Waals surface area contributed by atoms with Gasteiger partial charge in [-0.1, -0.05) is 41.9 Å². The van der Waals surface area contributed by atoms with Crippen molar-refractivity contribution >= 4 is 21.9 Å². The van der Waals surface area contributed by atoms with Crippen LogP contribution in [0.5, 0.6) is 0 Å². The quantitative estimate of drug-likeness (QED) is 0.775. The molecule has 0 radical (unpaired) electrons. The summed E-state index contributed by atoms with van der Waals surface area (Å²) in [5.74, 6) is -0.137. The van der Waals surface area contributed by atoms with Crippen LogP contribution < -0.4 is 0 Å². The average molecular weight is 328 g/mol. The average Bonchev–Trinajstić information content (AvgIpc) is 2.33. The molecule has 1 aromatic rings. The molecular formula is C15H22BrNO2. The number of benzene rings is 1. The zero-order chi connectivity index (χ0) is 14.6. The molecule has 0 bridgehead atoms. The molecule has 0 aliphatic carbocycles. The van der Waals surface area contributed by atoms with Crippen molar-refractivity contribution in [2.75, 3.05) is 21.2 Å². The van der Waals surface area contributed by atoms with Gasteiger partial charge in [0.05, 0.1) is 13.0 Å². The van der Waals surface area contributed by atoms with Crippen LogP contribution in [0.25, 0.3) is 0 Å². The standard InChI is InChI=1S/C15H22BrNO2/c1-10(2)13(15(18)19-5)14(17(3)4)11-7-6-8-12(16)9-11/h6-10,13-14H,1-5H3. The Labute approximate surface area is 124 Å². The van der Waals surface area contributed by atoms with E-state index >= 15 is 0 Å². The molecule has 1 aromatic carbocycles. The van der Waals surface area contributed by atoms with Crippen LogP contribution in [-0.4, -0.2) is 32.1 Å². The highest BCUT2D eigenvalue weighted by atomic mass is 79.9. The lowest BCUT2D eigenvalue weighted by atomic mass is 9.84. The minimum absolute atomic E-state index is 0.00458. The van der Waals surface area contributed by atoms with Crippen LogP contribution in [0.3, 0.4) is 0 Å². The predicted octanol–water partition coefficient (Wildman–Crippen LogP) is 3.50. The molecule has 2 atom stereocenters. The molecule has 19 heavy (non-hydrogen) atoms. The number of carbonyl (C=O) groups is 1. The van der Waals surface area contributed by atoms with Crippen LogP contribution >= 0.6 is 15.9 Å². The van der Waals surface area contributed by atoms with Crippen molar-refractivity contribution in [3.63, 3.8) is 0 Å². The number of hydrogen-bond acceptors (Lipinski definition) is 3. The summed E-state index contributed by atoms with van der Waals surface area (Å²) < 4.78 is 6.00. The molecule has 0 aliphatic rings. The molecule has 106 valence electrons. The Morgan fingerprint density at radius 1 is 1.32 bits per heavy atom. The van der Waals surface area contributed by atoms with E-state index < -0.39 is 0 Å². The molecular weight excluding hydrogens is 306 g/mol. The molecule has 3 nitrogen and oxygen atoms in total. The van der Waals surface area contributed by atoms with E-state index in [1.165, 1.54) is 7.11 Å². The third kappa shape index (κ3) is 4.05. The zero-order valence-electron chi connectivity index (χ0n) is 12.2. The largest absolute Gasteiger partial charge is 0.469 e. The normalized spacial score (nSPS) is 14.5. The molecule has 0 aliphatic heterocycles. The molecule has 2 unspecified atom stereocenters. The number of hydrogen-bond donors (Lipinski definition) is 0. The van der Waals surface area contributed by atoms with Crippen molar-refractivity contribution < 1.29 is 9.53 Å². The number of esters is 1. The molecule has 0 spiro atoms. The van der Waals surface area contributed by atoms with Gasteiger partial charge >= 0.3 is 5.97 Å². The van der Waals surface area contributed by atoms with Gasteiger partial charge in [-0.05, 0) is 37.7 Å². The summed E-state index contributed by atoms with van der Waals surface area (Å²) in [4.78, 5) is 14.2. The summed E-state index contributed by atoms with van der Waals surface area (Å²) in [6.45, 7) is 4.10. The van der Waals surface area contributed by atoms with E-state index in [4.69, 9.17) is 4.74 Å². The molecule has 0 saturated carbocycles. The summed E-state index contributed by atoms with van der Waals surface area (Å²) in [6.07, 6.45) is 0. The predicted molar refractivity (Wildman–Crippen MR) is 80.9 cm³/mol. The van der Waals surface area contributed by atoms with Gasteiger partial charge in [0.25, 0.3) is 0 Å². The minimum atomic E-state index is -0.186. The molecule has 0 saturated heterocycles. The fraction of sp³-hybridized carbons (Fsp3) is 0.533. The van der Waals surface area contributed by atoms with Gasteiger partial charge in [0.1, 0.15) is 0 Å². The Bertz CT molecular complexity index is 432. The van der Waals surface area contributed by atoms with Crippen molar-refractivity contribution in [2.45, 2.75) is 19.9 Å². The fourth-order valence-corrected chi connectivity index (χ4v) is 2.84. The summed E-state index contributed by atoms with van der Waals surface area (Å²) in [5, 5.41) is 0. The molecule has 1 rings (SSSR count). The topological polar surface area (TPSA) is 29.5 Å². The number of rotatable bonds is 5. The lowest BCUT2D eigenvalue weighted by molar-refractivity contribution is -0.149. The van der Waals surface area contributed by atoms with Crippen LogP contribution in [0, 0.1) is 11.8 Å². The van der Waals surface area contributed by atoms with Crippen LogP contribution in [0.4, 0.5) is 0 Å². The molecule has 0 N–H and O–H groups in total. The monoisotopic (exact) mass is 327 g/mol. The molecule has 0 heterocycles. The van der Waals surface area contributed by atoms with Gasteiger partial charge in [-0.15, -0.1) is 0 Å². The van der Waals surface area contributed by atoms with Gasteiger partial charge < -0.3 is 9.64 Å². The van der Waals surface area contributed by atoms with Crippen molar-refractivity contribution in [1.82, 2.24) is 4.90 Å². The summed E-state index contributed by atoms with van der Waals surface area (Å²) in [6, 6.07) is 8.09. The number of methoxy groups -OCH3 is 1. The Hall–Kier alpha value is -0.870. The Morgan fingerprint density at radius 3 is 2.37 bits per heavy atom. The molecule has 0 fully saturated rings. The van der Waals surface area contributed by atoms with Gasteiger partial charge in [0.15, 0.2) is 0 Å². The first-order chi connectivity index (χ1) is 8.88. The number of carbonyl (C=O) groups excluding carboxylic acids is 1. The van der Waals surface area contributed by atoms with Crippen molar-refractivity contribution in [1.29, 1.82) is 0 Å². The summed E-state index contributed by atoms with van der Waals surface area (Å²) in [5.41, 5.74) is 1.11. The molecule has 4 heteroatoms. The smallest absolute Gasteiger partial charge is 0.310 e. The van der Waals surface area contributed by atoms with Gasteiger partial charge in [0, 0.05) is 10.5 Å². The first kappa shape index (κ1) is 16.2. The van der Waals surface area contributed by atoms with Crippen LogP contribution in [0.15, 0.2) is 28.7 Å². The Morgan fingerprint density at radius 2 is 1.95 bits per heavy atom. The highest BCUT2D eigenvalue weighted by Crippen LogP contribution is 2.34. The SMILES string of the molecule is COC(=O)C(C(C)C)C(c1cccc(Br)c1)N(C)C. The lowest BCUT2D eigenvalue weighted by Crippen LogP contribution is -2.36.